The highest BCUT2D eigenvalue weighted by Crippen LogP contribution is 2.59. The minimum Gasteiger partial charge on any atom is -0.480 e. The van der Waals surface area contributed by atoms with E-state index >= 15 is 0 Å². The van der Waals surface area contributed by atoms with Gasteiger partial charge >= 0.3 is 41.8 Å². The fraction of sp³-hybridized carbons (Fsp3) is 0.500. The van der Waals surface area contributed by atoms with E-state index in [-0.39, 0.29) is 160 Å². The van der Waals surface area contributed by atoms with Crippen LogP contribution < -0.4 is 16.0 Å². The molecule has 3 amide bonds. The number of aromatic nitrogens is 10. The summed E-state index contributed by atoms with van der Waals surface area (Å²) in [4.78, 5) is 175. The van der Waals surface area contributed by atoms with E-state index in [1.54, 1.807) is 77.7 Å². The molecule has 0 spiro atoms. The Morgan fingerprint density at radius 2 is 0.967 bits per heavy atom. The molecule has 5 N–H and O–H groups in total. The molecule has 652 valence electrons. The predicted molar refractivity (Wildman–Crippen MR) is 443 cm³/mol. The van der Waals surface area contributed by atoms with Gasteiger partial charge < -0.3 is 63.9 Å². The molecule has 0 aromatic carbocycles. The van der Waals surface area contributed by atoms with Gasteiger partial charge in [0.05, 0.1) is 58.9 Å². The Bertz CT molecular complexity index is 4750. The van der Waals surface area contributed by atoms with Gasteiger partial charge in [0.25, 0.3) is 0 Å². The van der Waals surface area contributed by atoms with Crippen LogP contribution >= 0.6 is 47.8 Å². The minimum absolute atomic E-state index is 0.00617. The normalized spacial score (nSPS) is 17.4. The van der Waals surface area contributed by atoms with Crippen molar-refractivity contribution in [2.75, 3.05) is 55.6 Å². The highest BCUT2D eigenvalue weighted by molar-refractivity contribution is 9.10. The van der Waals surface area contributed by atoms with Gasteiger partial charge in [0.15, 0.2) is 23.1 Å². The Balaban J connectivity index is 0.000000272. The van der Waals surface area contributed by atoms with E-state index in [4.69, 9.17) is 43.0 Å². The summed E-state index contributed by atoms with van der Waals surface area (Å²) in [5.41, 5.74) is 1.32. The quantitative estimate of drug-likeness (QED) is 0.00513. The number of ether oxygens (including phenoxy) is 8. The van der Waals surface area contributed by atoms with Crippen LogP contribution in [0.4, 0.5) is 11.6 Å². The van der Waals surface area contributed by atoms with Crippen LogP contribution in [-0.2, 0) is 99.5 Å². The number of hydrogen-bond acceptors (Lipinski definition) is 29. The zero-order valence-corrected chi connectivity index (χ0v) is 74.6. The summed E-state index contributed by atoms with van der Waals surface area (Å²) in [6.07, 6.45) is 6.66. The summed E-state index contributed by atoms with van der Waals surface area (Å²) in [5.74, 6) is -5.50. The summed E-state index contributed by atoms with van der Waals surface area (Å²) in [6.45, 7) is 35.4. The number of esters is 6. The van der Waals surface area contributed by atoms with E-state index in [1.807, 2.05) is 39.8 Å². The van der Waals surface area contributed by atoms with Gasteiger partial charge in [-0.05, 0) is 150 Å². The van der Waals surface area contributed by atoms with Gasteiger partial charge in [0, 0.05) is 75.2 Å². The Hall–Kier alpha value is -10.7. The maximum atomic E-state index is 13.6. The molecular formula is C80H103Br3N14O23. The molecular weight excluding hydrogens is 1760 g/mol. The summed E-state index contributed by atoms with van der Waals surface area (Å²) in [7, 11) is 0. The van der Waals surface area contributed by atoms with Crippen molar-refractivity contribution in [3.05, 3.63) is 140 Å². The van der Waals surface area contributed by atoms with Crippen LogP contribution in [0, 0.1) is 10.8 Å². The molecule has 6 atom stereocenters. The average Bonchev–Trinajstić information content (AvgIpc) is 1.55. The number of aromatic amines is 1. The van der Waals surface area contributed by atoms with Crippen LogP contribution in [0.3, 0.4) is 0 Å². The average molecular weight is 1870 g/mol. The second-order valence-corrected chi connectivity index (χ2v) is 32.0. The molecule has 2 saturated heterocycles. The lowest BCUT2D eigenvalue weighted by Gasteiger charge is -2.27. The summed E-state index contributed by atoms with van der Waals surface area (Å²) in [5, 5.41) is 36.0. The lowest BCUT2D eigenvalue weighted by molar-refractivity contribution is -0.156. The molecule has 0 radical (unpaired) electrons. The number of fused-ring (bicyclic) bond motifs is 2. The highest BCUT2D eigenvalue weighted by atomic mass is 79.9. The van der Waals surface area contributed by atoms with Crippen LogP contribution in [0.1, 0.15) is 231 Å². The van der Waals surface area contributed by atoms with E-state index in [0.29, 0.717) is 70.7 Å². The molecule has 6 aromatic rings. The van der Waals surface area contributed by atoms with Crippen LogP contribution in [0.15, 0.2) is 83.0 Å². The molecule has 8 heterocycles. The lowest BCUT2D eigenvalue weighted by atomic mass is 10.0. The van der Waals surface area contributed by atoms with E-state index in [2.05, 4.69) is 119 Å². The number of piperidine rings is 2. The van der Waals surface area contributed by atoms with Gasteiger partial charge in [0.2, 0.25) is 17.7 Å². The Labute approximate surface area is 718 Å². The smallest absolute Gasteiger partial charge is 0.356 e. The third-order valence-corrected chi connectivity index (χ3v) is 18.8. The van der Waals surface area contributed by atoms with Crippen molar-refractivity contribution in [1.82, 2.24) is 59.7 Å². The predicted octanol–water partition coefficient (Wildman–Crippen LogP) is 10.2. The van der Waals surface area contributed by atoms with Crippen molar-refractivity contribution in [3.63, 3.8) is 0 Å². The highest BCUT2D eigenvalue weighted by Gasteiger charge is 2.64. The first-order valence-electron chi connectivity index (χ1n) is 37.9. The Kier molecular flexibility index (Phi) is 38.0. The van der Waals surface area contributed by atoms with Gasteiger partial charge in [-0.1, -0.05) is 54.1 Å². The number of halogens is 3. The maximum absolute atomic E-state index is 13.6. The molecule has 2 aliphatic carbocycles. The molecule has 40 heteroatoms. The molecule has 4 fully saturated rings. The summed E-state index contributed by atoms with van der Waals surface area (Å²) < 4.78 is 44.9. The van der Waals surface area contributed by atoms with Crippen LogP contribution in [0.25, 0.3) is 0 Å². The number of aliphatic carboxylic acids is 1. The largest absolute Gasteiger partial charge is 0.480 e. The number of ketones is 4. The molecule has 120 heavy (non-hydrogen) atoms. The molecule has 37 nitrogen and oxygen atoms in total. The number of carbonyl (C=O) groups is 14. The number of hydrogen-bond donors (Lipinski definition) is 5. The monoisotopic (exact) mass is 1860 g/mol. The topological polar surface area (TPSA) is 480 Å². The Morgan fingerprint density at radius 3 is 1.34 bits per heavy atom. The number of nitrogens with zero attached hydrogens (tertiary/aromatic N) is 10. The number of anilines is 2. The molecule has 10 rings (SSSR count). The number of carbonyl (C=O) groups excluding carboxylic acids is 13. The van der Waals surface area contributed by atoms with Crippen LogP contribution in [0.2, 0.25) is 0 Å². The van der Waals surface area contributed by atoms with E-state index in [9.17, 15) is 67.1 Å². The maximum Gasteiger partial charge on any atom is 0.356 e. The molecule has 4 aliphatic rings. The van der Waals surface area contributed by atoms with E-state index < -0.39 is 54.0 Å². The van der Waals surface area contributed by atoms with Gasteiger partial charge in [-0.3, -0.25) is 53.0 Å². The molecule has 0 bridgehead atoms. The van der Waals surface area contributed by atoms with Crippen LogP contribution in [-0.4, -0.2) is 222 Å². The fourth-order valence-corrected chi connectivity index (χ4v) is 12.5. The zero-order valence-electron chi connectivity index (χ0n) is 69.8. The number of likely N-dealkylation sites (tertiary alicyclic amines) is 1. The third-order valence-electron chi connectivity index (χ3n) is 17.4. The number of Topliss-reactive ketones (excluding diaryl/α,β-unsaturated/α-hetero) is 4. The number of H-pyrrole nitrogens is 1. The number of alkyl halides is 1. The number of amides is 3. The minimum atomic E-state index is -1.16. The summed E-state index contributed by atoms with van der Waals surface area (Å²) >= 11 is 9.67. The second-order valence-electron chi connectivity index (χ2n) is 29.8. The van der Waals surface area contributed by atoms with Gasteiger partial charge in [-0.25, -0.2) is 43.2 Å². The molecule has 0 unspecified atom stereocenters. The number of carboxylic acids is 1. The number of nitrogens with one attached hydrogen (secondary N) is 4. The fourth-order valence-electron chi connectivity index (χ4n) is 11.7. The van der Waals surface area contributed by atoms with Crippen LogP contribution in [0.5, 0.6) is 0 Å². The van der Waals surface area contributed by atoms with Crippen molar-refractivity contribution in [2.24, 2.45) is 10.8 Å². The molecule has 2 saturated carbocycles. The van der Waals surface area contributed by atoms with Crippen molar-refractivity contribution in [3.8, 4) is 0 Å². The standard InChI is InChI=1S/C26H30BrN5O6.C16H20BrN3O2.C14H20N2O5.C10H12N2O5.C8H10N2O3.C6H11BrO2/c1-5-9-37-14-16-7-8-21(27)28-23(16)29-24(35)19-11-26(4)12-20(26)32(19)22(34)13-31-18(25(36)38-6-2)10-17(30-31)15(3)33;1-3-6-22-9-10-4-5-13(17)19-14(10)20-15(21)11-7-16(2)8-12(16)18-11;1-6-20-13(19)11-7-10(9(2)17)15-16(11)8-12(18)21-14(3,4)5;1-3-17-10(16)8-4-7(6(2)13)11-12(8)5-9(14)15;1-3-13-8(12)7-4-6(5(2)11)9-10-7;1-6(2,3)9-5(8)4-7/h5,7-8,10,19-20H,1,6,9,11-14H2,2-4H3,(H,28,29,35);3-5,11-12,18H,1,6-9H2,2H3,(H,19,20,21);7H,6,8H2,1-5H3;4H,3,5H2,1-2H3,(H,14,15);4H,3H2,1-2H3,(H,9,10);4H2,1-3H3/t19-,20+,26-;11-,12+,16-;;;;/m00..../s1. The number of carboxylic acid groups (broad SMARTS) is 1. The number of pyridine rings is 2. The lowest BCUT2D eigenvalue weighted by Crippen LogP contribution is -2.47. The SMILES string of the molecule is C=CCOCc1ccc(Br)nc1NC(=O)[C@@H]1C[C@@]2(C)C[C@H]2N1.C=CCOCc1ccc(Br)nc1NC(=O)[C@@H]1C[C@@]2(C)C[C@H]2N1C(=O)Cn1nc(C(C)=O)cc1C(=O)OCC.CC(C)(C)OC(=O)CBr.CCOC(=O)c1cc(C(C)=O)n[nH]1.CCOC(=O)c1cc(C(C)=O)nn1CC(=O)O.CCOC(=O)c1cc(C(C)=O)nn1CC(=O)OC(C)(C)C. The van der Waals surface area contributed by atoms with E-state index in [0.717, 1.165) is 27.8 Å². The summed E-state index contributed by atoms with van der Waals surface area (Å²) in [6, 6.07) is 12.0. The first-order chi connectivity index (χ1) is 56.3. The van der Waals surface area contributed by atoms with E-state index in [1.165, 1.54) is 63.1 Å². The van der Waals surface area contributed by atoms with Crippen molar-refractivity contribution < 1.29 is 110 Å². The van der Waals surface area contributed by atoms with Crippen molar-refractivity contribution in [1.29, 1.82) is 0 Å². The first-order valence-corrected chi connectivity index (χ1v) is 40.6. The van der Waals surface area contributed by atoms with Gasteiger partial charge in [0.1, 0.15) is 109 Å². The Morgan fingerprint density at radius 1 is 0.550 bits per heavy atom. The van der Waals surface area contributed by atoms with Gasteiger partial charge in [-0.2, -0.15) is 20.4 Å². The molecule has 6 aromatic heterocycles. The third kappa shape index (κ3) is 30.8. The molecule has 2 aliphatic heterocycles. The van der Waals surface area contributed by atoms with Crippen molar-refractivity contribution >= 4 is 142 Å². The van der Waals surface area contributed by atoms with Crippen molar-refractivity contribution in [2.45, 2.75) is 205 Å². The zero-order chi connectivity index (χ0) is 89.9. The second kappa shape index (κ2) is 45.6. The first kappa shape index (κ1) is 99.9. The van der Waals surface area contributed by atoms with Gasteiger partial charge in [-0.15, -0.1) is 13.2 Å². The number of rotatable bonds is 31.